The van der Waals surface area contributed by atoms with Gasteiger partial charge in [-0.1, -0.05) is 69.9 Å². The number of unbranched alkanes of at least 4 members (excludes halogenated alkanes) is 9. The molecule has 4 heteroatoms. The molecule has 21 heavy (non-hydrogen) atoms. The summed E-state index contributed by atoms with van der Waals surface area (Å²) in [4.78, 5) is 0. The summed E-state index contributed by atoms with van der Waals surface area (Å²) in [5.74, 6) is 0. The Balaban J connectivity index is 2.01. The SMILES string of the molecule is CCCCCCCCCCCC/C(=N/O)c1cccnn1. The van der Waals surface area contributed by atoms with Gasteiger partial charge < -0.3 is 5.21 Å². The molecule has 0 atom stereocenters. The van der Waals surface area contributed by atoms with Gasteiger partial charge in [0, 0.05) is 6.20 Å². The average molecular weight is 291 g/mol. The number of hydrogen-bond donors (Lipinski definition) is 1. The molecule has 0 radical (unpaired) electrons. The molecule has 0 aliphatic carbocycles. The van der Waals surface area contributed by atoms with Crippen molar-refractivity contribution in [3.05, 3.63) is 24.0 Å². The van der Waals surface area contributed by atoms with Crippen molar-refractivity contribution < 1.29 is 5.21 Å². The van der Waals surface area contributed by atoms with Crippen LogP contribution in [-0.4, -0.2) is 21.1 Å². The highest BCUT2D eigenvalue weighted by molar-refractivity contribution is 5.98. The van der Waals surface area contributed by atoms with Gasteiger partial charge in [0.25, 0.3) is 0 Å². The molecular weight excluding hydrogens is 262 g/mol. The Bertz CT molecular complexity index is 379. The van der Waals surface area contributed by atoms with E-state index in [1.807, 2.05) is 12.1 Å². The zero-order valence-corrected chi connectivity index (χ0v) is 13.3. The van der Waals surface area contributed by atoms with Crippen molar-refractivity contribution in [2.45, 2.75) is 77.6 Å². The Hall–Kier alpha value is -1.45. The number of nitrogens with zero attached hydrogens (tertiary/aromatic N) is 3. The van der Waals surface area contributed by atoms with Gasteiger partial charge in [-0.15, -0.1) is 5.10 Å². The maximum Gasteiger partial charge on any atom is 0.111 e. The molecular formula is C17H29N3O. The van der Waals surface area contributed by atoms with Crippen molar-refractivity contribution in [3.8, 4) is 0 Å². The Kier molecular flexibility index (Phi) is 10.3. The molecule has 0 aliphatic rings. The van der Waals surface area contributed by atoms with Gasteiger partial charge in [-0.3, -0.25) is 0 Å². The molecule has 1 rings (SSSR count). The molecule has 0 unspecified atom stereocenters. The summed E-state index contributed by atoms with van der Waals surface area (Å²) in [7, 11) is 0. The van der Waals surface area contributed by atoms with Crippen LogP contribution in [0.5, 0.6) is 0 Å². The zero-order valence-electron chi connectivity index (χ0n) is 13.3. The number of aromatic nitrogens is 2. The maximum absolute atomic E-state index is 9.04. The van der Waals surface area contributed by atoms with Crippen LogP contribution in [0.2, 0.25) is 0 Å². The van der Waals surface area contributed by atoms with Gasteiger partial charge in [-0.2, -0.15) is 5.10 Å². The van der Waals surface area contributed by atoms with Crippen LogP contribution in [0.15, 0.2) is 23.5 Å². The maximum atomic E-state index is 9.04. The van der Waals surface area contributed by atoms with Crippen molar-refractivity contribution in [2.75, 3.05) is 0 Å². The average Bonchev–Trinajstić information content (AvgIpc) is 2.54. The third-order valence-electron chi connectivity index (χ3n) is 3.76. The van der Waals surface area contributed by atoms with E-state index in [9.17, 15) is 0 Å². The van der Waals surface area contributed by atoms with Crippen molar-refractivity contribution in [3.63, 3.8) is 0 Å². The minimum Gasteiger partial charge on any atom is -0.411 e. The lowest BCUT2D eigenvalue weighted by Gasteiger charge is -2.04. The van der Waals surface area contributed by atoms with Gasteiger partial charge in [0.15, 0.2) is 0 Å². The summed E-state index contributed by atoms with van der Waals surface area (Å²) in [6, 6.07) is 3.64. The Morgan fingerprint density at radius 2 is 1.62 bits per heavy atom. The van der Waals surface area contributed by atoms with E-state index in [1.54, 1.807) is 6.20 Å². The van der Waals surface area contributed by atoms with E-state index < -0.39 is 0 Å². The fourth-order valence-corrected chi connectivity index (χ4v) is 2.46. The Labute approximate surface area is 128 Å². The topological polar surface area (TPSA) is 58.4 Å². The van der Waals surface area contributed by atoms with Gasteiger partial charge in [-0.05, 0) is 25.0 Å². The van der Waals surface area contributed by atoms with Gasteiger partial charge in [0.05, 0.1) is 0 Å². The second kappa shape index (κ2) is 12.3. The lowest BCUT2D eigenvalue weighted by molar-refractivity contribution is 0.317. The first-order chi connectivity index (χ1) is 10.4. The minimum atomic E-state index is 0.641. The van der Waals surface area contributed by atoms with Crippen molar-refractivity contribution in [1.82, 2.24) is 10.2 Å². The van der Waals surface area contributed by atoms with Crippen LogP contribution in [0.25, 0.3) is 0 Å². The molecule has 1 heterocycles. The third-order valence-corrected chi connectivity index (χ3v) is 3.76. The molecule has 118 valence electrons. The van der Waals surface area contributed by atoms with Crippen molar-refractivity contribution in [2.24, 2.45) is 5.16 Å². The lowest BCUT2D eigenvalue weighted by Crippen LogP contribution is -2.04. The Morgan fingerprint density at radius 3 is 2.14 bits per heavy atom. The molecule has 0 spiro atoms. The van der Waals surface area contributed by atoms with Gasteiger partial charge in [0.1, 0.15) is 11.4 Å². The second-order valence-electron chi connectivity index (χ2n) is 5.59. The number of hydrogen-bond acceptors (Lipinski definition) is 4. The van der Waals surface area contributed by atoms with Crippen LogP contribution in [0.3, 0.4) is 0 Å². The minimum absolute atomic E-state index is 0.641. The predicted octanol–water partition coefficient (Wildman–Crippen LogP) is 4.97. The summed E-state index contributed by atoms with van der Waals surface area (Å²) < 4.78 is 0. The highest BCUT2D eigenvalue weighted by atomic mass is 16.4. The zero-order chi connectivity index (χ0) is 15.2. The first-order valence-electron chi connectivity index (χ1n) is 8.37. The van der Waals surface area contributed by atoms with Crippen LogP contribution in [-0.2, 0) is 0 Å². The van der Waals surface area contributed by atoms with E-state index in [0.29, 0.717) is 11.4 Å². The number of oxime groups is 1. The smallest absolute Gasteiger partial charge is 0.111 e. The summed E-state index contributed by atoms with van der Waals surface area (Å²) in [6.07, 6.45) is 15.4. The summed E-state index contributed by atoms with van der Waals surface area (Å²) in [5.41, 5.74) is 1.32. The summed E-state index contributed by atoms with van der Waals surface area (Å²) in [5, 5.41) is 20.2. The van der Waals surface area contributed by atoms with Crippen LogP contribution in [0, 0.1) is 0 Å². The third kappa shape index (κ3) is 8.43. The first kappa shape index (κ1) is 17.6. The van der Waals surface area contributed by atoms with E-state index in [4.69, 9.17) is 5.21 Å². The van der Waals surface area contributed by atoms with Gasteiger partial charge in [-0.25, -0.2) is 0 Å². The van der Waals surface area contributed by atoms with E-state index >= 15 is 0 Å². The lowest BCUT2D eigenvalue weighted by atomic mass is 10.0. The number of rotatable bonds is 12. The van der Waals surface area contributed by atoms with Gasteiger partial charge in [0.2, 0.25) is 0 Å². The van der Waals surface area contributed by atoms with E-state index in [-0.39, 0.29) is 0 Å². The molecule has 1 aromatic heterocycles. The highest BCUT2D eigenvalue weighted by Gasteiger charge is 2.05. The van der Waals surface area contributed by atoms with Crippen LogP contribution in [0.1, 0.15) is 83.2 Å². The summed E-state index contributed by atoms with van der Waals surface area (Å²) >= 11 is 0. The second-order valence-corrected chi connectivity index (χ2v) is 5.59. The molecule has 1 N–H and O–H groups in total. The quantitative estimate of drug-likeness (QED) is 0.256. The van der Waals surface area contributed by atoms with E-state index in [0.717, 1.165) is 12.8 Å². The molecule has 0 bridgehead atoms. The largest absolute Gasteiger partial charge is 0.411 e. The molecule has 0 aromatic carbocycles. The first-order valence-corrected chi connectivity index (χ1v) is 8.37. The van der Waals surface area contributed by atoms with Crippen molar-refractivity contribution >= 4 is 5.71 Å². The molecule has 0 fully saturated rings. The molecule has 4 nitrogen and oxygen atoms in total. The monoisotopic (exact) mass is 291 g/mol. The highest BCUT2D eigenvalue weighted by Crippen LogP contribution is 2.12. The fourth-order valence-electron chi connectivity index (χ4n) is 2.46. The van der Waals surface area contributed by atoms with Crippen molar-refractivity contribution in [1.29, 1.82) is 0 Å². The van der Waals surface area contributed by atoms with Crippen LogP contribution >= 0.6 is 0 Å². The summed E-state index contributed by atoms with van der Waals surface area (Å²) in [6.45, 7) is 2.25. The fraction of sp³-hybridized carbons (Fsp3) is 0.706. The molecule has 0 aliphatic heterocycles. The van der Waals surface area contributed by atoms with E-state index in [1.165, 1.54) is 57.8 Å². The molecule has 1 aromatic rings. The molecule has 0 amide bonds. The standard InChI is InChI=1S/C17H29N3O/c1-2-3-4-5-6-7-8-9-10-11-13-17(20-21)16-14-12-15-18-19-16/h12,14-15,21H,2-11,13H2,1H3/b20-17-. The van der Waals surface area contributed by atoms with E-state index in [2.05, 4.69) is 22.3 Å². The predicted molar refractivity (Wildman–Crippen MR) is 86.8 cm³/mol. The van der Waals surface area contributed by atoms with Crippen LogP contribution in [0.4, 0.5) is 0 Å². The Morgan fingerprint density at radius 1 is 1.00 bits per heavy atom. The normalized spacial score (nSPS) is 11.8. The molecule has 0 saturated carbocycles. The van der Waals surface area contributed by atoms with Crippen LogP contribution < -0.4 is 0 Å². The van der Waals surface area contributed by atoms with Gasteiger partial charge >= 0.3 is 0 Å². The molecule has 0 saturated heterocycles.